The number of anilines is 1. The highest BCUT2D eigenvalue weighted by molar-refractivity contribution is 7.89. The molecule has 0 radical (unpaired) electrons. The summed E-state index contributed by atoms with van der Waals surface area (Å²) < 4.78 is 26.1. The number of carbonyl (C=O) groups excluding carboxylic acids is 1. The van der Waals surface area contributed by atoms with Gasteiger partial charge in [-0.2, -0.15) is 0 Å². The van der Waals surface area contributed by atoms with Gasteiger partial charge in [-0.25, -0.2) is 13.1 Å². The minimum absolute atomic E-state index is 0.103. The van der Waals surface area contributed by atoms with Crippen LogP contribution < -0.4 is 10.0 Å². The molecule has 0 bridgehead atoms. The number of amides is 1. The lowest BCUT2D eigenvalue weighted by Crippen LogP contribution is -2.34. The number of allylic oxidation sites excluding steroid dienone is 2. The highest BCUT2D eigenvalue weighted by atomic mass is 32.2. The van der Waals surface area contributed by atoms with Crippen LogP contribution in [-0.4, -0.2) is 31.9 Å². The first-order valence-corrected chi connectivity index (χ1v) is 9.12. The number of rotatable bonds is 6. The van der Waals surface area contributed by atoms with E-state index in [4.69, 9.17) is 0 Å². The largest absolute Gasteiger partial charge is 0.481 e. The Morgan fingerprint density at radius 3 is 2.25 bits per heavy atom. The molecule has 1 aliphatic rings. The van der Waals surface area contributed by atoms with E-state index in [1.807, 2.05) is 0 Å². The van der Waals surface area contributed by atoms with Crippen molar-refractivity contribution in [2.75, 3.05) is 11.9 Å². The quantitative estimate of drug-likeness (QED) is 0.673. The van der Waals surface area contributed by atoms with Gasteiger partial charge in [0.15, 0.2) is 0 Å². The fourth-order valence-corrected chi connectivity index (χ4v) is 3.64. The molecule has 130 valence electrons. The normalized spacial score (nSPS) is 20.5. The van der Waals surface area contributed by atoms with Crippen molar-refractivity contribution in [1.29, 1.82) is 0 Å². The SMILES string of the molecule is CCNS(=O)(=O)c1ccc(NC(=O)[C@H]2CC=CC[C@H]2C(=O)O)cc1. The third-order valence-electron chi connectivity index (χ3n) is 3.85. The lowest BCUT2D eigenvalue weighted by Gasteiger charge is -2.24. The van der Waals surface area contributed by atoms with Gasteiger partial charge < -0.3 is 10.4 Å². The van der Waals surface area contributed by atoms with Gasteiger partial charge in [0.1, 0.15) is 0 Å². The van der Waals surface area contributed by atoms with Gasteiger partial charge >= 0.3 is 5.97 Å². The minimum Gasteiger partial charge on any atom is -0.481 e. The van der Waals surface area contributed by atoms with E-state index in [-0.39, 0.29) is 17.3 Å². The zero-order valence-electron chi connectivity index (χ0n) is 13.2. The Morgan fingerprint density at radius 1 is 1.12 bits per heavy atom. The molecule has 0 aromatic heterocycles. The molecule has 0 fully saturated rings. The summed E-state index contributed by atoms with van der Waals surface area (Å²) in [5.41, 5.74) is 0.425. The average Bonchev–Trinajstić information content (AvgIpc) is 2.55. The second-order valence-electron chi connectivity index (χ2n) is 5.51. The lowest BCUT2D eigenvalue weighted by molar-refractivity contribution is -0.146. The number of carboxylic acid groups (broad SMARTS) is 1. The fraction of sp³-hybridized carbons (Fsp3) is 0.375. The summed E-state index contributed by atoms with van der Waals surface area (Å²) >= 11 is 0. The Kier molecular flexibility index (Phi) is 5.74. The van der Waals surface area contributed by atoms with E-state index in [0.29, 0.717) is 18.5 Å². The molecule has 1 aliphatic carbocycles. The second kappa shape index (κ2) is 7.59. The predicted molar refractivity (Wildman–Crippen MR) is 88.9 cm³/mol. The number of nitrogens with one attached hydrogen (secondary N) is 2. The number of hydrogen-bond acceptors (Lipinski definition) is 4. The Hall–Kier alpha value is -2.19. The lowest BCUT2D eigenvalue weighted by atomic mass is 9.82. The van der Waals surface area contributed by atoms with Crippen molar-refractivity contribution in [3.63, 3.8) is 0 Å². The van der Waals surface area contributed by atoms with Crippen LogP contribution in [-0.2, 0) is 19.6 Å². The number of carbonyl (C=O) groups is 2. The molecule has 0 aliphatic heterocycles. The summed E-state index contributed by atoms with van der Waals surface area (Å²) in [6.45, 7) is 1.97. The molecule has 0 saturated heterocycles. The molecule has 24 heavy (non-hydrogen) atoms. The van der Waals surface area contributed by atoms with E-state index in [9.17, 15) is 23.1 Å². The van der Waals surface area contributed by atoms with Gasteiger partial charge in [-0.1, -0.05) is 19.1 Å². The van der Waals surface area contributed by atoms with Crippen LogP contribution in [0.3, 0.4) is 0 Å². The van der Waals surface area contributed by atoms with Crippen molar-refractivity contribution >= 4 is 27.6 Å². The highest BCUT2D eigenvalue weighted by Crippen LogP contribution is 2.27. The number of sulfonamides is 1. The monoisotopic (exact) mass is 352 g/mol. The summed E-state index contributed by atoms with van der Waals surface area (Å²) in [5.74, 6) is -2.76. The molecule has 8 heteroatoms. The van der Waals surface area contributed by atoms with Gasteiger partial charge in [0.2, 0.25) is 15.9 Å². The molecule has 1 amide bonds. The van der Waals surface area contributed by atoms with E-state index >= 15 is 0 Å². The van der Waals surface area contributed by atoms with Crippen LogP contribution in [0.25, 0.3) is 0 Å². The Bertz CT molecular complexity index is 740. The Labute approximate surface area is 140 Å². The molecule has 2 rings (SSSR count). The van der Waals surface area contributed by atoms with Crippen molar-refractivity contribution in [2.24, 2.45) is 11.8 Å². The van der Waals surface area contributed by atoms with Gasteiger partial charge in [-0.15, -0.1) is 0 Å². The van der Waals surface area contributed by atoms with E-state index in [2.05, 4.69) is 10.0 Å². The fourth-order valence-electron chi connectivity index (χ4n) is 2.60. The summed E-state index contributed by atoms with van der Waals surface area (Å²) in [4.78, 5) is 23.7. The van der Waals surface area contributed by atoms with Crippen LogP contribution in [0.2, 0.25) is 0 Å². The number of carboxylic acids is 1. The van der Waals surface area contributed by atoms with Crippen LogP contribution >= 0.6 is 0 Å². The molecule has 2 atom stereocenters. The van der Waals surface area contributed by atoms with Crippen LogP contribution in [0, 0.1) is 11.8 Å². The highest BCUT2D eigenvalue weighted by Gasteiger charge is 2.33. The van der Waals surface area contributed by atoms with Gasteiger partial charge in [0.25, 0.3) is 0 Å². The van der Waals surface area contributed by atoms with Gasteiger partial charge in [-0.05, 0) is 37.1 Å². The van der Waals surface area contributed by atoms with Crippen LogP contribution in [0.5, 0.6) is 0 Å². The third-order valence-corrected chi connectivity index (χ3v) is 5.41. The first kappa shape index (κ1) is 18.2. The predicted octanol–water partition coefficient (Wildman–Crippen LogP) is 1.59. The average molecular weight is 352 g/mol. The first-order valence-electron chi connectivity index (χ1n) is 7.63. The van der Waals surface area contributed by atoms with Gasteiger partial charge in [-0.3, -0.25) is 9.59 Å². The molecule has 0 spiro atoms. The topological polar surface area (TPSA) is 113 Å². The number of hydrogen-bond donors (Lipinski definition) is 3. The molecular formula is C16H20N2O5S. The number of aliphatic carboxylic acids is 1. The first-order chi connectivity index (χ1) is 11.3. The van der Waals surface area contributed by atoms with E-state index in [1.54, 1.807) is 19.1 Å². The summed E-state index contributed by atoms with van der Waals surface area (Å²) in [6, 6.07) is 5.75. The molecule has 3 N–H and O–H groups in total. The summed E-state index contributed by atoms with van der Waals surface area (Å²) in [5, 5.41) is 11.9. The maximum Gasteiger partial charge on any atom is 0.307 e. The van der Waals surface area contributed by atoms with Crippen molar-refractivity contribution < 1.29 is 23.1 Å². The molecule has 0 saturated carbocycles. The van der Waals surface area contributed by atoms with Crippen LogP contribution in [0.15, 0.2) is 41.3 Å². The second-order valence-corrected chi connectivity index (χ2v) is 7.28. The number of benzene rings is 1. The molecule has 1 aromatic rings. The van der Waals surface area contributed by atoms with Crippen LogP contribution in [0.1, 0.15) is 19.8 Å². The third kappa shape index (κ3) is 4.21. The smallest absolute Gasteiger partial charge is 0.307 e. The maximum atomic E-state index is 12.3. The van der Waals surface area contributed by atoms with Crippen molar-refractivity contribution in [3.8, 4) is 0 Å². The van der Waals surface area contributed by atoms with E-state index in [1.165, 1.54) is 24.3 Å². The van der Waals surface area contributed by atoms with E-state index in [0.717, 1.165) is 0 Å². The zero-order chi connectivity index (χ0) is 17.7. The molecular weight excluding hydrogens is 332 g/mol. The zero-order valence-corrected chi connectivity index (χ0v) is 14.0. The molecule has 1 aromatic carbocycles. The Balaban J connectivity index is 2.09. The molecule has 0 heterocycles. The van der Waals surface area contributed by atoms with Crippen molar-refractivity contribution in [1.82, 2.24) is 4.72 Å². The van der Waals surface area contributed by atoms with Crippen molar-refractivity contribution in [2.45, 2.75) is 24.7 Å². The van der Waals surface area contributed by atoms with Crippen LogP contribution in [0.4, 0.5) is 5.69 Å². The summed E-state index contributed by atoms with van der Waals surface area (Å²) in [6.07, 6.45) is 4.27. The summed E-state index contributed by atoms with van der Waals surface area (Å²) in [7, 11) is -3.55. The molecule has 0 unspecified atom stereocenters. The van der Waals surface area contributed by atoms with Gasteiger partial charge in [0, 0.05) is 12.2 Å². The van der Waals surface area contributed by atoms with E-state index < -0.39 is 27.8 Å². The minimum atomic E-state index is -3.55. The van der Waals surface area contributed by atoms with Gasteiger partial charge in [0.05, 0.1) is 16.7 Å². The maximum absolute atomic E-state index is 12.3. The standard InChI is InChI=1S/C16H20N2O5S/c1-2-17-24(22,23)12-9-7-11(8-10-12)18-15(19)13-5-3-4-6-14(13)16(20)21/h3-4,7-10,13-14,17H,2,5-6H2,1H3,(H,18,19)(H,20,21)/t13-,14+/m0/s1. The Morgan fingerprint density at radius 2 is 1.71 bits per heavy atom. The van der Waals surface area contributed by atoms with Crippen molar-refractivity contribution in [3.05, 3.63) is 36.4 Å². The molecule has 7 nitrogen and oxygen atoms in total.